The second kappa shape index (κ2) is 4.45. The van der Waals surface area contributed by atoms with E-state index in [2.05, 4.69) is 29.0 Å². The van der Waals surface area contributed by atoms with Gasteiger partial charge in [0.25, 0.3) is 0 Å². The Morgan fingerprint density at radius 2 is 2.33 bits per heavy atom. The first-order chi connectivity index (χ1) is 7.33. The zero-order chi connectivity index (χ0) is 10.7. The van der Waals surface area contributed by atoms with E-state index in [-0.39, 0.29) is 6.61 Å². The second-order valence-electron chi connectivity index (χ2n) is 3.92. The molecule has 0 aliphatic rings. The molecular formula is C12H16N2O. The number of benzene rings is 1. The van der Waals surface area contributed by atoms with Gasteiger partial charge >= 0.3 is 0 Å². The predicted octanol–water partition coefficient (Wildman–Crippen LogP) is 2.12. The molecule has 80 valence electrons. The predicted molar refractivity (Wildman–Crippen MR) is 60.7 cm³/mol. The Labute approximate surface area is 89.2 Å². The van der Waals surface area contributed by atoms with Crippen LogP contribution in [0.4, 0.5) is 0 Å². The Balaban J connectivity index is 2.20. The van der Waals surface area contributed by atoms with Crippen molar-refractivity contribution < 1.29 is 5.11 Å². The summed E-state index contributed by atoms with van der Waals surface area (Å²) >= 11 is 0. The molecule has 1 atom stereocenters. The zero-order valence-electron chi connectivity index (χ0n) is 8.90. The maximum atomic E-state index is 9.14. The molecule has 1 heterocycles. The van der Waals surface area contributed by atoms with Crippen molar-refractivity contribution in [3.63, 3.8) is 0 Å². The minimum Gasteiger partial charge on any atom is -0.396 e. The van der Waals surface area contributed by atoms with Gasteiger partial charge in [-0.1, -0.05) is 19.4 Å². The van der Waals surface area contributed by atoms with E-state index in [1.807, 2.05) is 6.07 Å². The van der Waals surface area contributed by atoms with Gasteiger partial charge in [0.05, 0.1) is 17.4 Å². The second-order valence-corrected chi connectivity index (χ2v) is 3.92. The topological polar surface area (TPSA) is 48.9 Å². The number of nitrogens with one attached hydrogen (secondary N) is 1. The van der Waals surface area contributed by atoms with Gasteiger partial charge in [0.2, 0.25) is 0 Å². The van der Waals surface area contributed by atoms with Crippen LogP contribution in [0.15, 0.2) is 24.5 Å². The standard InChI is InChI=1S/C12H16N2O/c1-2-9(7-15)5-10-3-4-11-12(6-10)14-8-13-11/h3-4,6,8-9,15H,2,5,7H2,1H3,(H,13,14). The lowest BCUT2D eigenvalue weighted by Gasteiger charge is -2.10. The summed E-state index contributed by atoms with van der Waals surface area (Å²) in [5.41, 5.74) is 3.32. The number of imidazole rings is 1. The number of fused-ring (bicyclic) bond motifs is 1. The molecule has 0 amide bonds. The fourth-order valence-electron chi connectivity index (χ4n) is 1.78. The molecule has 1 aromatic heterocycles. The average Bonchev–Trinajstić information content (AvgIpc) is 2.73. The highest BCUT2D eigenvalue weighted by atomic mass is 16.3. The van der Waals surface area contributed by atoms with Crippen LogP contribution >= 0.6 is 0 Å². The molecule has 0 spiro atoms. The lowest BCUT2D eigenvalue weighted by Crippen LogP contribution is -2.07. The Kier molecular flexibility index (Phi) is 3.02. The third-order valence-corrected chi connectivity index (χ3v) is 2.84. The van der Waals surface area contributed by atoms with E-state index in [0.717, 1.165) is 23.9 Å². The lowest BCUT2D eigenvalue weighted by atomic mass is 9.97. The normalized spacial score (nSPS) is 13.2. The number of aliphatic hydroxyl groups is 1. The first-order valence-electron chi connectivity index (χ1n) is 5.36. The van der Waals surface area contributed by atoms with Crippen molar-refractivity contribution >= 4 is 11.0 Å². The van der Waals surface area contributed by atoms with Crippen LogP contribution in [0.5, 0.6) is 0 Å². The Hall–Kier alpha value is -1.35. The van der Waals surface area contributed by atoms with Crippen LogP contribution in [0.2, 0.25) is 0 Å². The van der Waals surface area contributed by atoms with Gasteiger partial charge in [-0.25, -0.2) is 4.98 Å². The minimum absolute atomic E-state index is 0.261. The molecule has 2 rings (SSSR count). The van der Waals surface area contributed by atoms with E-state index in [0.29, 0.717) is 5.92 Å². The molecule has 0 aliphatic heterocycles. The van der Waals surface area contributed by atoms with E-state index in [4.69, 9.17) is 5.11 Å². The maximum absolute atomic E-state index is 9.14. The average molecular weight is 204 g/mol. The number of rotatable bonds is 4. The van der Waals surface area contributed by atoms with Gasteiger partial charge < -0.3 is 10.1 Å². The molecule has 3 nitrogen and oxygen atoms in total. The number of hydrogen-bond acceptors (Lipinski definition) is 2. The highest BCUT2D eigenvalue weighted by Crippen LogP contribution is 2.16. The smallest absolute Gasteiger partial charge is 0.0931 e. The molecular weight excluding hydrogens is 188 g/mol. The van der Waals surface area contributed by atoms with Crippen LogP contribution in [-0.2, 0) is 6.42 Å². The van der Waals surface area contributed by atoms with Crippen LogP contribution < -0.4 is 0 Å². The van der Waals surface area contributed by atoms with Crippen molar-refractivity contribution in [1.82, 2.24) is 9.97 Å². The van der Waals surface area contributed by atoms with Crippen LogP contribution in [0.3, 0.4) is 0 Å². The summed E-state index contributed by atoms with van der Waals surface area (Å²) in [6.07, 6.45) is 3.65. The van der Waals surface area contributed by atoms with Crippen LogP contribution in [0.25, 0.3) is 11.0 Å². The summed E-state index contributed by atoms with van der Waals surface area (Å²) in [6.45, 7) is 2.37. The fourth-order valence-corrected chi connectivity index (χ4v) is 1.78. The summed E-state index contributed by atoms with van der Waals surface area (Å²) in [5, 5.41) is 9.14. The fraction of sp³-hybridized carbons (Fsp3) is 0.417. The molecule has 0 saturated carbocycles. The molecule has 1 unspecified atom stereocenters. The van der Waals surface area contributed by atoms with Crippen molar-refractivity contribution in [2.45, 2.75) is 19.8 Å². The third kappa shape index (κ3) is 2.18. The van der Waals surface area contributed by atoms with E-state index in [1.165, 1.54) is 5.56 Å². The maximum Gasteiger partial charge on any atom is 0.0931 e. The number of aliphatic hydroxyl groups excluding tert-OH is 1. The van der Waals surface area contributed by atoms with Crippen molar-refractivity contribution in [1.29, 1.82) is 0 Å². The molecule has 2 N–H and O–H groups in total. The number of nitrogens with zero attached hydrogens (tertiary/aromatic N) is 1. The Bertz CT molecular complexity index is 432. The molecule has 0 saturated heterocycles. The van der Waals surface area contributed by atoms with Gasteiger partial charge in [0.1, 0.15) is 0 Å². The largest absolute Gasteiger partial charge is 0.396 e. The van der Waals surface area contributed by atoms with Crippen LogP contribution in [0.1, 0.15) is 18.9 Å². The number of aromatic amines is 1. The van der Waals surface area contributed by atoms with Crippen molar-refractivity contribution in [3.8, 4) is 0 Å². The number of aromatic nitrogens is 2. The molecule has 0 radical (unpaired) electrons. The molecule has 1 aromatic carbocycles. The van der Waals surface area contributed by atoms with E-state index < -0.39 is 0 Å². The van der Waals surface area contributed by atoms with Gasteiger partial charge in [-0.05, 0) is 30.0 Å². The van der Waals surface area contributed by atoms with Gasteiger partial charge in [-0.15, -0.1) is 0 Å². The molecule has 15 heavy (non-hydrogen) atoms. The third-order valence-electron chi connectivity index (χ3n) is 2.84. The van der Waals surface area contributed by atoms with Crippen molar-refractivity contribution in [3.05, 3.63) is 30.1 Å². The Morgan fingerprint density at radius 3 is 3.07 bits per heavy atom. The molecule has 3 heteroatoms. The highest BCUT2D eigenvalue weighted by Gasteiger charge is 2.06. The first-order valence-corrected chi connectivity index (χ1v) is 5.36. The van der Waals surface area contributed by atoms with E-state index >= 15 is 0 Å². The van der Waals surface area contributed by atoms with Crippen LogP contribution in [0, 0.1) is 5.92 Å². The van der Waals surface area contributed by atoms with Gasteiger partial charge in [-0.2, -0.15) is 0 Å². The minimum atomic E-state index is 0.261. The van der Waals surface area contributed by atoms with Crippen molar-refractivity contribution in [2.24, 2.45) is 5.92 Å². The van der Waals surface area contributed by atoms with Crippen LogP contribution in [-0.4, -0.2) is 21.7 Å². The molecule has 2 aromatic rings. The summed E-state index contributed by atoms with van der Waals surface area (Å²) < 4.78 is 0. The number of hydrogen-bond donors (Lipinski definition) is 2. The first kappa shape index (κ1) is 10.2. The highest BCUT2D eigenvalue weighted by molar-refractivity contribution is 5.75. The quantitative estimate of drug-likeness (QED) is 0.801. The number of H-pyrrole nitrogens is 1. The monoisotopic (exact) mass is 204 g/mol. The molecule has 0 fully saturated rings. The van der Waals surface area contributed by atoms with E-state index in [1.54, 1.807) is 6.33 Å². The molecule has 0 aliphatic carbocycles. The summed E-state index contributed by atoms with van der Waals surface area (Å²) in [6, 6.07) is 6.22. The summed E-state index contributed by atoms with van der Waals surface area (Å²) in [4.78, 5) is 7.27. The lowest BCUT2D eigenvalue weighted by molar-refractivity contribution is 0.222. The SMILES string of the molecule is CCC(CO)Cc1ccc2nc[nH]c2c1. The van der Waals surface area contributed by atoms with Gasteiger partial charge in [0.15, 0.2) is 0 Å². The van der Waals surface area contributed by atoms with Gasteiger partial charge in [-0.3, -0.25) is 0 Å². The molecule has 0 bridgehead atoms. The zero-order valence-corrected chi connectivity index (χ0v) is 8.90. The van der Waals surface area contributed by atoms with E-state index in [9.17, 15) is 0 Å². The summed E-state index contributed by atoms with van der Waals surface area (Å²) in [7, 11) is 0. The van der Waals surface area contributed by atoms with Crippen molar-refractivity contribution in [2.75, 3.05) is 6.61 Å². The Morgan fingerprint density at radius 1 is 1.47 bits per heavy atom. The van der Waals surface area contributed by atoms with Gasteiger partial charge in [0, 0.05) is 6.61 Å². The summed E-state index contributed by atoms with van der Waals surface area (Å²) in [5.74, 6) is 0.366.